The van der Waals surface area contributed by atoms with Crippen LogP contribution in [0.15, 0.2) is 152 Å². The van der Waals surface area contributed by atoms with Crippen LogP contribution in [0.1, 0.15) is 22.3 Å². The molecule has 8 rings (SSSR count). The van der Waals surface area contributed by atoms with E-state index in [2.05, 4.69) is 78.3 Å². The fraction of sp³-hybridized carbons (Fsp3) is 0.0698. The third-order valence-corrected chi connectivity index (χ3v) is 9.04. The Morgan fingerprint density at radius 2 is 1.33 bits per heavy atom. The Morgan fingerprint density at radius 1 is 0.653 bits per heavy atom. The number of phenolic OH excluding ortho intramolecular Hbond substituents is 1. The first kappa shape index (κ1) is 32.1. The normalized spacial score (nSPS) is 11.0. The molecule has 0 saturated carbocycles. The van der Waals surface area contributed by atoms with Gasteiger partial charge in [0, 0.05) is 52.6 Å². The van der Waals surface area contributed by atoms with Gasteiger partial charge in [-0.25, -0.2) is 4.98 Å². The van der Waals surface area contributed by atoms with Crippen molar-refractivity contribution < 1.29 is 26.2 Å². The zero-order chi connectivity index (χ0) is 32.5. The van der Waals surface area contributed by atoms with E-state index in [0.717, 1.165) is 55.9 Å². The van der Waals surface area contributed by atoms with Crippen LogP contribution in [0.25, 0.3) is 50.6 Å². The Morgan fingerprint density at radius 3 is 2.06 bits per heavy atom. The van der Waals surface area contributed by atoms with E-state index in [-0.39, 0.29) is 26.8 Å². The van der Waals surface area contributed by atoms with E-state index in [1.807, 2.05) is 89.6 Å². The summed E-state index contributed by atoms with van der Waals surface area (Å²) in [6.45, 7) is 0. The molecule has 0 amide bonds. The van der Waals surface area contributed by atoms with Crippen LogP contribution < -0.4 is 0 Å². The summed E-state index contributed by atoms with van der Waals surface area (Å²) in [6, 6.07) is 50.8. The molecule has 49 heavy (non-hydrogen) atoms. The Labute approximate surface area is 300 Å². The molecule has 2 heterocycles. The van der Waals surface area contributed by atoms with Gasteiger partial charge in [-0.2, -0.15) is 0 Å². The summed E-state index contributed by atoms with van der Waals surface area (Å²) in [6.07, 6.45) is 5.00. The monoisotopic (exact) mass is 816 g/mol. The summed E-state index contributed by atoms with van der Waals surface area (Å²) in [5.74, 6) is 1.83. The molecule has 8 aromatic rings. The van der Waals surface area contributed by atoms with Crippen molar-refractivity contribution in [3.8, 4) is 45.3 Å². The first-order valence-electron chi connectivity index (χ1n) is 16.1. The summed E-state index contributed by atoms with van der Waals surface area (Å²) < 4.78 is 4.17. The largest absolute Gasteiger partial charge is 0.507 e. The quantitative estimate of drug-likeness (QED) is 0.156. The van der Waals surface area contributed by atoms with Gasteiger partial charge < -0.3 is 9.67 Å². The molecule has 5 nitrogen and oxygen atoms in total. The zero-order valence-corrected chi connectivity index (χ0v) is 29.2. The second-order valence-electron chi connectivity index (χ2n) is 12.0. The molecule has 1 N–H and O–H groups in total. The minimum atomic E-state index is 0. The number of para-hydroxylation sites is 2. The van der Waals surface area contributed by atoms with Crippen molar-refractivity contribution in [2.24, 2.45) is 7.05 Å². The summed E-state index contributed by atoms with van der Waals surface area (Å²) in [4.78, 5) is 9.84. The van der Waals surface area contributed by atoms with Gasteiger partial charge >= 0.3 is 0 Å². The molecule has 242 valence electrons. The van der Waals surface area contributed by atoms with E-state index >= 15 is 0 Å². The van der Waals surface area contributed by atoms with Gasteiger partial charge in [-0.15, -0.1) is 35.9 Å². The minimum Gasteiger partial charge on any atom is -0.507 e. The van der Waals surface area contributed by atoms with Crippen LogP contribution in [0.3, 0.4) is 0 Å². The van der Waals surface area contributed by atoms with Crippen molar-refractivity contribution in [3.63, 3.8) is 0 Å². The van der Waals surface area contributed by atoms with Gasteiger partial charge in [0.2, 0.25) is 0 Å². The van der Waals surface area contributed by atoms with Crippen LogP contribution in [0.4, 0.5) is 0 Å². The fourth-order valence-electron chi connectivity index (χ4n) is 6.60. The van der Waals surface area contributed by atoms with Crippen molar-refractivity contribution in [1.82, 2.24) is 19.1 Å². The fourth-order valence-corrected chi connectivity index (χ4v) is 6.60. The molecule has 0 atom stereocenters. The SMILES string of the molecule is Cn1c(-c2[c-]cccc2)nc2c(Cc3ccccc3Cc3cc(-c4ccccc4)cc(-c4nccn4-c4ccccc4)c3O)cccc21.[Pt]. The summed E-state index contributed by atoms with van der Waals surface area (Å²) in [5.41, 5.74) is 11.2. The van der Waals surface area contributed by atoms with Crippen LogP contribution in [0, 0.1) is 6.07 Å². The van der Waals surface area contributed by atoms with Gasteiger partial charge in [-0.1, -0.05) is 84.9 Å². The number of hydrogen-bond donors (Lipinski definition) is 1. The predicted octanol–water partition coefficient (Wildman–Crippen LogP) is 9.44. The number of hydrogen-bond acceptors (Lipinski definition) is 3. The molecule has 0 aliphatic rings. The number of aromatic nitrogens is 4. The van der Waals surface area contributed by atoms with E-state index in [0.29, 0.717) is 24.2 Å². The van der Waals surface area contributed by atoms with Gasteiger partial charge in [0.1, 0.15) is 11.6 Å². The summed E-state index contributed by atoms with van der Waals surface area (Å²) in [7, 11) is 2.06. The second-order valence-corrected chi connectivity index (χ2v) is 12.0. The molecule has 6 heteroatoms. The van der Waals surface area contributed by atoms with Crippen LogP contribution in [-0.4, -0.2) is 24.2 Å². The molecule has 0 unspecified atom stereocenters. The van der Waals surface area contributed by atoms with E-state index < -0.39 is 0 Å². The van der Waals surface area contributed by atoms with E-state index in [1.165, 1.54) is 5.56 Å². The number of aromatic hydroxyl groups is 1. The van der Waals surface area contributed by atoms with Crippen LogP contribution in [-0.2, 0) is 41.0 Å². The van der Waals surface area contributed by atoms with Crippen LogP contribution >= 0.6 is 0 Å². The summed E-state index contributed by atoms with van der Waals surface area (Å²) >= 11 is 0. The molecule has 6 aromatic carbocycles. The zero-order valence-electron chi connectivity index (χ0n) is 26.9. The number of aryl methyl sites for hydroxylation is 1. The molecule has 0 aliphatic carbocycles. The number of phenols is 1. The van der Waals surface area contributed by atoms with Gasteiger partial charge in [0.25, 0.3) is 0 Å². The smallest absolute Gasteiger partial charge is 0.148 e. The third-order valence-electron chi connectivity index (χ3n) is 9.04. The average molecular weight is 817 g/mol. The predicted molar refractivity (Wildman–Crippen MR) is 193 cm³/mol. The van der Waals surface area contributed by atoms with Crippen LogP contribution in [0.5, 0.6) is 5.75 Å². The average Bonchev–Trinajstić information content (AvgIpc) is 3.76. The number of fused-ring (bicyclic) bond motifs is 1. The number of rotatable bonds is 8. The maximum absolute atomic E-state index is 12.0. The van der Waals surface area contributed by atoms with Crippen molar-refractivity contribution in [1.29, 1.82) is 0 Å². The van der Waals surface area contributed by atoms with Gasteiger partial charge in [-0.05, 0) is 70.1 Å². The van der Waals surface area contributed by atoms with Crippen molar-refractivity contribution in [2.75, 3.05) is 0 Å². The molecule has 0 spiro atoms. The molecule has 0 bridgehead atoms. The van der Waals surface area contributed by atoms with E-state index in [1.54, 1.807) is 6.20 Å². The van der Waals surface area contributed by atoms with Gasteiger partial charge in [0.05, 0.1) is 22.4 Å². The molecular formula is C43H33N4OPt-. The van der Waals surface area contributed by atoms with E-state index in [4.69, 9.17) is 9.97 Å². The number of imidazole rings is 2. The molecule has 0 fully saturated rings. The molecule has 2 aromatic heterocycles. The number of benzene rings is 6. The van der Waals surface area contributed by atoms with Crippen molar-refractivity contribution in [2.45, 2.75) is 12.8 Å². The van der Waals surface area contributed by atoms with Crippen molar-refractivity contribution >= 4 is 11.0 Å². The third kappa shape index (κ3) is 6.26. The molecule has 0 aliphatic heterocycles. The van der Waals surface area contributed by atoms with Crippen LogP contribution in [0.2, 0.25) is 0 Å². The standard InChI is InChI=1S/C43H33N4O.Pt/c1-46-39-23-13-20-34(40(39)45-42(46)31-16-7-3-8-17-31)26-32-18-11-12-19-33(32)27-36-28-35(30-14-5-2-6-15-30)29-38(41(36)48)43-44-24-25-47(43)37-21-9-4-10-22-37;/h2-16,18-25,28-29,48H,26-27H2,1H3;/q-1;. The minimum absolute atomic E-state index is 0. The molecular weight excluding hydrogens is 784 g/mol. The topological polar surface area (TPSA) is 55.9 Å². The summed E-state index contributed by atoms with van der Waals surface area (Å²) in [5, 5.41) is 12.0. The van der Waals surface area contributed by atoms with Crippen molar-refractivity contribution in [3.05, 3.63) is 180 Å². The molecule has 0 saturated heterocycles. The Hall–Kier alpha value is -5.51. The number of nitrogens with zero attached hydrogens (tertiary/aromatic N) is 4. The van der Waals surface area contributed by atoms with Gasteiger partial charge in [-0.3, -0.25) is 9.55 Å². The maximum atomic E-state index is 12.0. The Bertz CT molecular complexity index is 2360. The Balaban J connectivity index is 0.00000378. The maximum Gasteiger partial charge on any atom is 0.148 e. The second kappa shape index (κ2) is 13.9. The Kier molecular flexibility index (Phi) is 9.11. The first-order chi connectivity index (χ1) is 23.6. The van der Waals surface area contributed by atoms with E-state index in [9.17, 15) is 5.11 Å². The molecule has 0 radical (unpaired) electrons. The van der Waals surface area contributed by atoms with Gasteiger partial charge in [0.15, 0.2) is 0 Å². The first-order valence-corrected chi connectivity index (χ1v) is 16.1.